The summed E-state index contributed by atoms with van der Waals surface area (Å²) in [7, 11) is 3.04. The third kappa shape index (κ3) is 3.41. The van der Waals surface area contributed by atoms with E-state index < -0.39 is 0 Å². The molecule has 1 N–H and O–H groups in total. The molecule has 88 valence electrons. The zero-order valence-electron chi connectivity index (χ0n) is 9.24. The van der Waals surface area contributed by atoms with Crippen LogP contribution in [0.25, 0.3) is 0 Å². The lowest BCUT2D eigenvalue weighted by molar-refractivity contribution is 0.134. The molecule has 16 heavy (non-hydrogen) atoms. The van der Waals surface area contributed by atoms with Gasteiger partial charge in [-0.25, -0.2) is 4.79 Å². The maximum Gasteiger partial charge on any atom is 0.409 e. The maximum absolute atomic E-state index is 11.1. The van der Waals surface area contributed by atoms with Crippen LogP contribution < -0.4 is 0 Å². The van der Waals surface area contributed by atoms with Crippen molar-refractivity contribution < 1.29 is 14.6 Å². The van der Waals surface area contributed by atoms with Gasteiger partial charge in [-0.15, -0.1) is 0 Å². The second-order valence-electron chi connectivity index (χ2n) is 3.43. The van der Waals surface area contributed by atoms with Crippen LogP contribution in [0.5, 0.6) is 5.75 Å². The first-order valence-corrected chi connectivity index (χ1v) is 5.60. The smallest absolute Gasteiger partial charge is 0.409 e. The van der Waals surface area contributed by atoms with Crippen LogP contribution in [0.15, 0.2) is 22.7 Å². The van der Waals surface area contributed by atoms with Gasteiger partial charge < -0.3 is 14.7 Å². The van der Waals surface area contributed by atoms with Crippen LogP contribution in [0, 0.1) is 0 Å². The van der Waals surface area contributed by atoms with E-state index in [4.69, 9.17) is 0 Å². The number of methoxy groups -OCH3 is 1. The van der Waals surface area contributed by atoms with Crippen LogP contribution in [0.2, 0.25) is 0 Å². The highest BCUT2D eigenvalue weighted by Crippen LogP contribution is 2.24. The number of aromatic hydroxyl groups is 1. The number of amides is 1. The first-order valence-electron chi connectivity index (χ1n) is 4.81. The van der Waals surface area contributed by atoms with Crippen molar-refractivity contribution >= 4 is 22.0 Å². The van der Waals surface area contributed by atoms with Crippen LogP contribution >= 0.6 is 15.9 Å². The topological polar surface area (TPSA) is 49.8 Å². The zero-order valence-corrected chi connectivity index (χ0v) is 10.8. The van der Waals surface area contributed by atoms with Crippen LogP contribution in [-0.2, 0) is 11.2 Å². The van der Waals surface area contributed by atoms with Crippen LogP contribution in [0.3, 0.4) is 0 Å². The van der Waals surface area contributed by atoms with Gasteiger partial charge in [0.05, 0.1) is 11.6 Å². The minimum absolute atomic E-state index is 0.213. The quantitative estimate of drug-likeness (QED) is 0.929. The van der Waals surface area contributed by atoms with E-state index in [-0.39, 0.29) is 11.8 Å². The molecule has 0 heterocycles. The van der Waals surface area contributed by atoms with Crippen molar-refractivity contribution in [2.75, 3.05) is 20.7 Å². The predicted molar refractivity (Wildman–Crippen MR) is 64.5 cm³/mol. The Bertz CT molecular complexity index is 381. The standard InChI is InChI=1S/C11H14BrNO3/c1-13(11(15)16-2)6-5-8-3-4-10(14)9(12)7-8/h3-4,7,14H,5-6H2,1-2H3. The van der Waals surface area contributed by atoms with Crippen molar-refractivity contribution in [1.29, 1.82) is 0 Å². The molecule has 0 unspecified atom stereocenters. The Balaban J connectivity index is 2.55. The van der Waals surface area contributed by atoms with Crippen molar-refractivity contribution in [2.45, 2.75) is 6.42 Å². The number of hydrogen-bond acceptors (Lipinski definition) is 3. The number of nitrogens with zero attached hydrogens (tertiary/aromatic N) is 1. The highest BCUT2D eigenvalue weighted by Gasteiger charge is 2.08. The lowest BCUT2D eigenvalue weighted by Gasteiger charge is -2.15. The summed E-state index contributed by atoms with van der Waals surface area (Å²) in [4.78, 5) is 12.6. The maximum atomic E-state index is 11.1. The summed E-state index contributed by atoms with van der Waals surface area (Å²) in [6, 6.07) is 5.28. The fourth-order valence-corrected chi connectivity index (χ4v) is 1.68. The highest BCUT2D eigenvalue weighted by atomic mass is 79.9. The molecule has 4 nitrogen and oxygen atoms in total. The van der Waals surface area contributed by atoms with Crippen molar-refractivity contribution in [3.8, 4) is 5.75 Å². The Morgan fingerprint density at radius 2 is 2.25 bits per heavy atom. The summed E-state index contributed by atoms with van der Waals surface area (Å²) in [5.41, 5.74) is 1.04. The number of hydrogen-bond donors (Lipinski definition) is 1. The van der Waals surface area contributed by atoms with Gasteiger partial charge in [-0.2, -0.15) is 0 Å². The summed E-state index contributed by atoms with van der Waals surface area (Å²) in [5, 5.41) is 9.32. The average Bonchev–Trinajstić information content (AvgIpc) is 2.29. The van der Waals surface area contributed by atoms with Gasteiger partial charge >= 0.3 is 6.09 Å². The van der Waals surface area contributed by atoms with Crippen LogP contribution in [-0.4, -0.2) is 36.8 Å². The van der Waals surface area contributed by atoms with E-state index in [1.54, 1.807) is 13.1 Å². The monoisotopic (exact) mass is 287 g/mol. The molecule has 0 atom stereocenters. The number of ether oxygens (including phenoxy) is 1. The summed E-state index contributed by atoms with van der Waals surface area (Å²) >= 11 is 3.24. The van der Waals surface area contributed by atoms with E-state index in [1.165, 1.54) is 12.0 Å². The predicted octanol–water partition coefficient (Wildman–Crippen LogP) is 2.40. The second kappa shape index (κ2) is 5.75. The molecule has 0 aliphatic rings. The van der Waals surface area contributed by atoms with Gasteiger partial charge in [0.15, 0.2) is 0 Å². The lowest BCUT2D eigenvalue weighted by atomic mass is 10.1. The number of carbonyl (C=O) groups is 1. The molecule has 5 heteroatoms. The largest absolute Gasteiger partial charge is 0.507 e. The minimum Gasteiger partial charge on any atom is -0.507 e. The number of phenolic OH excluding ortho intramolecular Hbond substituents is 1. The van der Waals surface area contributed by atoms with E-state index in [2.05, 4.69) is 20.7 Å². The number of benzene rings is 1. The number of likely N-dealkylation sites (N-methyl/N-ethyl adjacent to an activating group) is 1. The van der Waals surface area contributed by atoms with Gasteiger partial charge in [0.25, 0.3) is 0 Å². The molecular weight excluding hydrogens is 274 g/mol. The van der Waals surface area contributed by atoms with Crippen molar-refractivity contribution in [2.24, 2.45) is 0 Å². The minimum atomic E-state index is -0.349. The van der Waals surface area contributed by atoms with E-state index in [0.717, 1.165) is 5.56 Å². The van der Waals surface area contributed by atoms with Crippen molar-refractivity contribution in [1.82, 2.24) is 4.90 Å². The molecule has 0 fully saturated rings. The summed E-state index contributed by atoms with van der Waals surface area (Å²) < 4.78 is 5.24. The molecule has 0 aliphatic heterocycles. The number of halogens is 1. The summed E-state index contributed by atoms with van der Waals surface area (Å²) in [6.07, 6.45) is 0.364. The highest BCUT2D eigenvalue weighted by molar-refractivity contribution is 9.10. The Labute approximate surface area is 103 Å². The normalized spacial score (nSPS) is 9.94. The van der Waals surface area contributed by atoms with E-state index in [1.807, 2.05) is 12.1 Å². The Morgan fingerprint density at radius 1 is 1.56 bits per heavy atom. The number of rotatable bonds is 3. The molecule has 0 saturated heterocycles. The van der Waals surface area contributed by atoms with Crippen LogP contribution in [0.1, 0.15) is 5.56 Å². The number of phenols is 1. The van der Waals surface area contributed by atoms with Crippen molar-refractivity contribution in [3.63, 3.8) is 0 Å². The molecule has 1 aromatic carbocycles. The first kappa shape index (κ1) is 12.8. The third-order valence-electron chi connectivity index (χ3n) is 2.23. The van der Waals surface area contributed by atoms with Crippen LogP contribution in [0.4, 0.5) is 4.79 Å². The molecular formula is C11H14BrNO3. The van der Waals surface area contributed by atoms with Gasteiger partial charge in [-0.3, -0.25) is 0 Å². The van der Waals surface area contributed by atoms with Gasteiger partial charge in [-0.1, -0.05) is 6.07 Å². The Hall–Kier alpha value is -1.23. The molecule has 1 aromatic rings. The first-order chi connectivity index (χ1) is 7.54. The molecule has 0 bridgehead atoms. The Kier molecular flexibility index (Phi) is 4.61. The van der Waals surface area contributed by atoms with E-state index in [0.29, 0.717) is 17.4 Å². The molecule has 0 aromatic heterocycles. The SMILES string of the molecule is COC(=O)N(C)CCc1ccc(O)c(Br)c1. The van der Waals surface area contributed by atoms with Gasteiger partial charge in [0, 0.05) is 13.6 Å². The van der Waals surface area contributed by atoms with E-state index in [9.17, 15) is 9.90 Å². The zero-order chi connectivity index (χ0) is 12.1. The molecule has 1 rings (SSSR count). The molecule has 1 amide bonds. The number of carbonyl (C=O) groups excluding carboxylic acids is 1. The van der Waals surface area contributed by atoms with Gasteiger partial charge in [0.1, 0.15) is 5.75 Å². The molecule has 0 spiro atoms. The lowest BCUT2D eigenvalue weighted by Crippen LogP contribution is -2.28. The van der Waals surface area contributed by atoms with E-state index >= 15 is 0 Å². The second-order valence-corrected chi connectivity index (χ2v) is 4.28. The molecule has 0 aliphatic carbocycles. The van der Waals surface area contributed by atoms with Crippen molar-refractivity contribution in [3.05, 3.63) is 28.2 Å². The summed E-state index contributed by atoms with van der Waals surface area (Å²) in [5.74, 6) is 0.213. The van der Waals surface area contributed by atoms with Gasteiger partial charge in [-0.05, 0) is 40.0 Å². The Morgan fingerprint density at radius 3 is 2.81 bits per heavy atom. The molecule has 0 saturated carbocycles. The van der Waals surface area contributed by atoms with Gasteiger partial charge in [0.2, 0.25) is 0 Å². The third-order valence-corrected chi connectivity index (χ3v) is 2.87. The fraction of sp³-hybridized carbons (Fsp3) is 0.364. The fourth-order valence-electron chi connectivity index (χ4n) is 1.25. The summed E-state index contributed by atoms with van der Waals surface area (Å²) in [6.45, 7) is 0.573. The average molecular weight is 288 g/mol. The molecule has 0 radical (unpaired) electrons.